The van der Waals surface area contributed by atoms with Crippen LogP contribution in [0.1, 0.15) is 44.6 Å². The van der Waals surface area contributed by atoms with Gasteiger partial charge in [-0.2, -0.15) is 0 Å². The molecule has 2 unspecified atom stereocenters. The van der Waals surface area contributed by atoms with Gasteiger partial charge < -0.3 is 10.3 Å². The minimum Gasteiger partial charge on any atom is -0.369 e. The minimum absolute atomic E-state index is 0.662. The molecule has 0 bridgehead atoms. The number of hydrogen-bond donors (Lipinski definition) is 1. The Kier molecular flexibility index (Phi) is 3.68. The van der Waals surface area contributed by atoms with E-state index >= 15 is 0 Å². The molecule has 20 heavy (non-hydrogen) atoms. The Morgan fingerprint density at radius 1 is 1.35 bits per heavy atom. The molecule has 108 valence electrons. The summed E-state index contributed by atoms with van der Waals surface area (Å²) in [6.45, 7) is 5.51. The third-order valence-corrected chi connectivity index (χ3v) is 4.74. The van der Waals surface area contributed by atoms with E-state index in [0.717, 1.165) is 23.9 Å². The lowest BCUT2D eigenvalue weighted by Gasteiger charge is -2.26. The molecule has 0 amide bonds. The predicted octanol–water partition coefficient (Wildman–Crippen LogP) is 4.14. The Bertz CT molecular complexity index is 600. The van der Waals surface area contributed by atoms with E-state index in [9.17, 15) is 0 Å². The molecule has 2 N–H and O–H groups in total. The summed E-state index contributed by atoms with van der Waals surface area (Å²) in [4.78, 5) is 4.47. The highest BCUT2D eigenvalue weighted by Gasteiger charge is 2.19. The largest absolute Gasteiger partial charge is 0.369 e. The maximum Gasteiger partial charge on any atom is 0.201 e. The number of nitrogens with two attached hydrogens (primary N) is 1. The lowest BCUT2D eigenvalue weighted by molar-refractivity contribution is 0.262. The minimum atomic E-state index is 0.662. The van der Waals surface area contributed by atoms with Crippen LogP contribution < -0.4 is 5.73 Å². The molecule has 1 heterocycles. The van der Waals surface area contributed by atoms with Crippen LogP contribution in [0.2, 0.25) is 0 Å². The highest BCUT2D eigenvalue weighted by atomic mass is 15.1. The molecule has 1 aromatic carbocycles. The Hall–Kier alpha value is -1.51. The van der Waals surface area contributed by atoms with Crippen LogP contribution in [0.4, 0.5) is 5.95 Å². The highest BCUT2D eigenvalue weighted by molar-refractivity contribution is 5.79. The zero-order chi connectivity index (χ0) is 14.1. The van der Waals surface area contributed by atoms with Crippen molar-refractivity contribution in [2.24, 2.45) is 11.8 Å². The molecule has 0 spiro atoms. The molecule has 0 aliphatic heterocycles. The number of anilines is 1. The lowest BCUT2D eigenvalue weighted by atomic mass is 9.81. The third-order valence-electron chi connectivity index (χ3n) is 4.74. The van der Waals surface area contributed by atoms with Crippen LogP contribution in [-0.4, -0.2) is 9.55 Å². The van der Waals surface area contributed by atoms with Crippen molar-refractivity contribution in [3.63, 3.8) is 0 Å². The summed E-state index contributed by atoms with van der Waals surface area (Å²) >= 11 is 0. The van der Waals surface area contributed by atoms with Gasteiger partial charge in [-0.25, -0.2) is 4.98 Å². The van der Waals surface area contributed by atoms with Gasteiger partial charge in [-0.3, -0.25) is 0 Å². The molecule has 1 fully saturated rings. The van der Waals surface area contributed by atoms with Gasteiger partial charge in [0.1, 0.15) is 0 Å². The van der Waals surface area contributed by atoms with Crippen molar-refractivity contribution in [3.8, 4) is 0 Å². The fourth-order valence-corrected chi connectivity index (χ4v) is 3.62. The standard InChI is InChI=1S/C17H25N3/c1-12-4-3-5-14(10-12)8-9-20-16-11-13(2)6-7-15(16)19-17(20)18/h6-7,11-12,14H,3-5,8-10H2,1-2H3,(H2,18,19). The quantitative estimate of drug-likeness (QED) is 0.911. The van der Waals surface area contributed by atoms with Gasteiger partial charge in [0.05, 0.1) is 11.0 Å². The molecule has 2 atom stereocenters. The van der Waals surface area contributed by atoms with Gasteiger partial charge in [-0.05, 0) is 49.3 Å². The Morgan fingerprint density at radius 3 is 3.00 bits per heavy atom. The van der Waals surface area contributed by atoms with Crippen LogP contribution in [0.5, 0.6) is 0 Å². The number of rotatable bonds is 3. The molecule has 1 aliphatic carbocycles. The number of aromatic nitrogens is 2. The number of imidazole rings is 1. The molecular formula is C17H25N3. The van der Waals surface area contributed by atoms with Crippen LogP contribution in [0.15, 0.2) is 18.2 Å². The lowest BCUT2D eigenvalue weighted by Crippen LogP contribution is -2.16. The SMILES string of the molecule is Cc1ccc2nc(N)n(CCC3CCCC(C)C3)c2c1. The maximum atomic E-state index is 6.10. The average molecular weight is 271 g/mol. The monoisotopic (exact) mass is 271 g/mol. The second kappa shape index (κ2) is 5.47. The first-order valence-corrected chi connectivity index (χ1v) is 7.86. The van der Waals surface area contributed by atoms with Crippen molar-refractivity contribution in [1.29, 1.82) is 0 Å². The first-order valence-electron chi connectivity index (χ1n) is 7.86. The summed E-state index contributed by atoms with van der Waals surface area (Å²) in [6.07, 6.45) is 6.80. The first-order chi connectivity index (χ1) is 9.63. The van der Waals surface area contributed by atoms with Crippen molar-refractivity contribution < 1.29 is 0 Å². The normalized spacial score (nSPS) is 23.3. The van der Waals surface area contributed by atoms with Crippen molar-refractivity contribution in [3.05, 3.63) is 23.8 Å². The third kappa shape index (κ3) is 2.67. The average Bonchev–Trinajstić information content (AvgIpc) is 2.72. The molecule has 1 aromatic heterocycles. The fourth-order valence-electron chi connectivity index (χ4n) is 3.62. The molecule has 3 heteroatoms. The summed E-state index contributed by atoms with van der Waals surface area (Å²) in [5, 5.41) is 0. The van der Waals surface area contributed by atoms with Crippen LogP contribution in [0, 0.1) is 18.8 Å². The molecule has 1 aliphatic rings. The summed E-state index contributed by atoms with van der Waals surface area (Å²) in [5.74, 6) is 2.42. The van der Waals surface area contributed by atoms with Gasteiger partial charge >= 0.3 is 0 Å². The van der Waals surface area contributed by atoms with E-state index in [4.69, 9.17) is 5.73 Å². The highest BCUT2D eigenvalue weighted by Crippen LogP contribution is 2.31. The summed E-state index contributed by atoms with van der Waals surface area (Å²) in [6, 6.07) is 6.37. The number of benzene rings is 1. The van der Waals surface area contributed by atoms with Crippen LogP contribution in [-0.2, 0) is 6.54 Å². The van der Waals surface area contributed by atoms with E-state index in [1.165, 1.54) is 43.2 Å². The number of hydrogen-bond acceptors (Lipinski definition) is 2. The van der Waals surface area contributed by atoms with Gasteiger partial charge in [0.15, 0.2) is 0 Å². The van der Waals surface area contributed by atoms with Gasteiger partial charge in [-0.1, -0.05) is 32.3 Å². The Balaban J connectivity index is 1.76. The second-order valence-corrected chi connectivity index (χ2v) is 6.54. The summed E-state index contributed by atoms with van der Waals surface area (Å²) in [7, 11) is 0. The topological polar surface area (TPSA) is 43.8 Å². The van der Waals surface area contributed by atoms with Crippen LogP contribution in [0.25, 0.3) is 11.0 Å². The van der Waals surface area contributed by atoms with E-state index in [0.29, 0.717) is 5.95 Å². The Labute approximate surface area is 121 Å². The summed E-state index contributed by atoms with van der Waals surface area (Å²) < 4.78 is 2.20. The van der Waals surface area contributed by atoms with Gasteiger partial charge in [-0.15, -0.1) is 0 Å². The van der Waals surface area contributed by atoms with Crippen LogP contribution >= 0.6 is 0 Å². The molecular weight excluding hydrogens is 246 g/mol. The predicted molar refractivity (Wildman–Crippen MR) is 84.6 cm³/mol. The van der Waals surface area contributed by atoms with E-state index < -0.39 is 0 Å². The number of aryl methyl sites for hydroxylation is 2. The number of fused-ring (bicyclic) bond motifs is 1. The first kappa shape index (κ1) is 13.5. The second-order valence-electron chi connectivity index (χ2n) is 6.54. The van der Waals surface area contributed by atoms with Gasteiger partial charge in [0.25, 0.3) is 0 Å². The fraction of sp³-hybridized carbons (Fsp3) is 0.588. The molecule has 2 aromatic rings. The van der Waals surface area contributed by atoms with E-state index in [1.54, 1.807) is 0 Å². The zero-order valence-electron chi connectivity index (χ0n) is 12.6. The van der Waals surface area contributed by atoms with Gasteiger partial charge in [0.2, 0.25) is 5.95 Å². The molecule has 1 saturated carbocycles. The van der Waals surface area contributed by atoms with Crippen molar-refractivity contribution >= 4 is 17.0 Å². The molecule has 3 nitrogen and oxygen atoms in total. The van der Waals surface area contributed by atoms with E-state index in [2.05, 4.69) is 41.6 Å². The molecule has 3 rings (SSSR count). The van der Waals surface area contributed by atoms with Crippen molar-refractivity contribution in [1.82, 2.24) is 9.55 Å². The molecule has 0 saturated heterocycles. The zero-order valence-corrected chi connectivity index (χ0v) is 12.6. The van der Waals surface area contributed by atoms with Crippen LogP contribution in [0.3, 0.4) is 0 Å². The van der Waals surface area contributed by atoms with E-state index in [1.807, 2.05) is 0 Å². The van der Waals surface area contributed by atoms with Gasteiger partial charge in [0, 0.05) is 6.54 Å². The Morgan fingerprint density at radius 2 is 2.20 bits per heavy atom. The smallest absolute Gasteiger partial charge is 0.201 e. The maximum absolute atomic E-state index is 6.10. The van der Waals surface area contributed by atoms with Crippen molar-refractivity contribution in [2.45, 2.75) is 52.5 Å². The molecule has 0 radical (unpaired) electrons. The number of nitrogens with zero attached hydrogens (tertiary/aromatic N) is 2. The van der Waals surface area contributed by atoms with Crippen molar-refractivity contribution in [2.75, 3.05) is 5.73 Å². The van der Waals surface area contributed by atoms with E-state index in [-0.39, 0.29) is 0 Å². The number of nitrogen functional groups attached to an aromatic ring is 1. The summed E-state index contributed by atoms with van der Waals surface area (Å²) in [5.41, 5.74) is 9.57.